The van der Waals surface area contributed by atoms with Crippen LogP contribution in [-0.4, -0.2) is 24.0 Å². The summed E-state index contributed by atoms with van der Waals surface area (Å²) in [5.41, 5.74) is 1.23. The third-order valence-corrected chi connectivity index (χ3v) is 7.23. The minimum Gasteiger partial charge on any atom is -0.300 e. The third-order valence-electron chi connectivity index (χ3n) is 7.23. The Kier molecular flexibility index (Phi) is 8.21. The summed E-state index contributed by atoms with van der Waals surface area (Å²) in [6.07, 6.45) is 6.63. The van der Waals surface area contributed by atoms with Gasteiger partial charge in [-0.3, -0.25) is 0 Å². The summed E-state index contributed by atoms with van der Waals surface area (Å²) < 4.78 is 27.6. The molecule has 1 aliphatic rings. The van der Waals surface area contributed by atoms with Crippen molar-refractivity contribution in [2.45, 2.75) is 70.3 Å². The van der Waals surface area contributed by atoms with E-state index in [1.165, 1.54) is 17.7 Å². The number of rotatable bonds is 11. The van der Waals surface area contributed by atoms with Crippen molar-refractivity contribution in [2.75, 3.05) is 13.1 Å². The molecular weight excluding hydrogens is 390 g/mol. The second kappa shape index (κ2) is 10.9. The molecule has 1 aliphatic carbocycles. The Labute approximate surface area is 185 Å². The average molecular weight is 425 g/mol. The minimum atomic E-state index is -0.860. The molecule has 0 radical (unpaired) electrons. The first-order valence-corrected chi connectivity index (χ1v) is 11.7. The van der Waals surface area contributed by atoms with Gasteiger partial charge in [-0.25, -0.2) is 8.78 Å². The number of nitriles is 1. The monoisotopic (exact) mass is 424 g/mol. The first kappa shape index (κ1) is 23.4. The Morgan fingerprint density at radius 2 is 1.84 bits per heavy atom. The number of hydrogen-bond acceptors (Lipinski definition) is 2. The Morgan fingerprint density at radius 3 is 2.39 bits per heavy atom. The largest absolute Gasteiger partial charge is 0.300 e. The van der Waals surface area contributed by atoms with Gasteiger partial charge in [0.2, 0.25) is 0 Å². The van der Waals surface area contributed by atoms with Crippen molar-refractivity contribution in [2.24, 2.45) is 5.92 Å². The van der Waals surface area contributed by atoms with Crippen LogP contribution in [0.3, 0.4) is 0 Å². The molecule has 4 heteroatoms. The van der Waals surface area contributed by atoms with Gasteiger partial charge in [0.1, 0.15) is 0 Å². The maximum absolute atomic E-state index is 14.0. The topological polar surface area (TPSA) is 27.0 Å². The number of nitrogens with zero attached hydrogens (tertiary/aromatic N) is 2. The second-order valence-electron chi connectivity index (χ2n) is 8.80. The lowest BCUT2D eigenvalue weighted by molar-refractivity contribution is 0.152. The lowest BCUT2D eigenvalue weighted by atomic mass is 9.60. The first-order valence-electron chi connectivity index (χ1n) is 11.7. The molecule has 2 aromatic rings. The number of halogens is 2. The quantitative estimate of drug-likeness (QED) is 0.404. The summed E-state index contributed by atoms with van der Waals surface area (Å²) >= 11 is 0. The highest BCUT2D eigenvalue weighted by Gasteiger charge is 2.44. The maximum atomic E-state index is 14.0. The zero-order chi connectivity index (χ0) is 22.3. The third kappa shape index (κ3) is 5.33. The van der Waals surface area contributed by atoms with Gasteiger partial charge in [-0.1, -0.05) is 56.7 Å². The van der Waals surface area contributed by atoms with Crippen LogP contribution in [0.1, 0.15) is 63.5 Å². The summed E-state index contributed by atoms with van der Waals surface area (Å²) in [4.78, 5) is 2.50. The highest BCUT2D eigenvalue weighted by Crippen LogP contribution is 2.47. The molecule has 2 aromatic carbocycles. The molecule has 0 amide bonds. The van der Waals surface area contributed by atoms with E-state index in [9.17, 15) is 14.0 Å². The number of benzene rings is 2. The van der Waals surface area contributed by atoms with Gasteiger partial charge in [0.05, 0.1) is 11.5 Å². The maximum Gasteiger partial charge on any atom is 0.159 e. The molecule has 1 saturated carbocycles. The Morgan fingerprint density at radius 1 is 1.10 bits per heavy atom. The fourth-order valence-electron chi connectivity index (χ4n) is 5.03. The van der Waals surface area contributed by atoms with Crippen LogP contribution >= 0.6 is 0 Å². The van der Waals surface area contributed by atoms with Gasteiger partial charge in [-0.05, 0) is 74.2 Å². The van der Waals surface area contributed by atoms with Crippen molar-refractivity contribution in [3.8, 4) is 6.07 Å². The molecule has 3 rings (SSSR count). The molecular formula is C27H34F2N2. The van der Waals surface area contributed by atoms with E-state index in [2.05, 4.69) is 49.1 Å². The van der Waals surface area contributed by atoms with Crippen LogP contribution in [0.2, 0.25) is 0 Å². The molecule has 0 bridgehead atoms. The van der Waals surface area contributed by atoms with E-state index in [0.717, 1.165) is 51.6 Å². The standard InChI is InChI=1S/C27H34F2N2/c1-3-24(31(4-2)18-16-21-9-6-5-7-10-21)15-17-27(20-30,22-11-8-12-22)23-13-14-25(28)26(29)19-23/h5-7,9-10,13-14,19,22,24H,3-4,8,11-12,15-18H2,1-2H3. The molecule has 2 atom stereocenters. The second-order valence-corrected chi connectivity index (χ2v) is 8.80. The molecule has 0 N–H and O–H groups in total. The lowest BCUT2D eigenvalue weighted by Gasteiger charge is -2.42. The van der Waals surface area contributed by atoms with Crippen molar-refractivity contribution in [3.05, 3.63) is 71.3 Å². The van der Waals surface area contributed by atoms with Gasteiger partial charge in [0, 0.05) is 12.6 Å². The Bertz CT molecular complexity index is 873. The van der Waals surface area contributed by atoms with Crippen molar-refractivity contribution in [1.29, 1.82) is 5.26 Å². The zero-order valence-corrected chi connectivity index (χ0v) is 18.8. The van der Waals surface area contributed by atoms with E-state index in [1.54, 1.807) is 6.07 Å². The van der Waals surface area contributed by atoms with Gasteiger partial charge in [0.25, 0.3) is 0 Å². The van der Waals surface area contributed by atoms with E-state index >= 15 is 0 Å². The Balaban J connectivity index is 1.75. The van der Waals surface area contributed by atoms with Gasteiger partial charge < -0.3 is 4.90 Å². The van der Waals surface area contributed by atoms with Crippen LogP contribution in [0.4, 0.5) is 8.78 Å². The molecule has 0 saturated heterocycles. The van der Waals surface area contributed by atoms with Crippen LogP contribution in [0, 0.1) is 28.9 Å². The van der Waals surface area contributed by atoms with Crippen LogP contribution < -0.4 is 0 Å². The van der Waals surface area contributed by atoms with E-state index in [-0.39, 0.29) is 5.92 Å². The first-order chi connectivity index (χ1) is 15.0. The molecule has 0 aliphatic heterocycles. The SMILES string of the molecule is CCC(CCC(C#N)(c1ccc(F)c(F)c1)C1CCC1)N(CC)CCc1ccccc1. The summed E-state index contributed by atoms with van der Waals surface area (Å²) in [6.45, 7) is 6.32. The van der Waals surface area contributed by atoms with Crippen molar-refractivity contribution >= 4 is 0 Å². The van der Waals surface area contributed by atoms with Crippen LogP contribution in [0.25, 0.3) is 0 Å². The van der Waals surface area contributed by atoms with Crippen molar-refractivity contribution in [1.82, 2.24) is 4.90 Å². The molecule has 0 aromatic heterocycles. The van der Waals surface area contributed by atoms with E-state index in [0.29, 0.717) is 18.0 Å². The fraction of sp³-hybridized carbons (Fsp3) is 0.519. The number of hydrogen-bond donors (Lipinski definition) is 0. The number of likely N-dealkylation sites (N-methyl/N-ethyl adjacent to an activating group) is 1. The summed E-state index contributed by atoms with van der Waals surface area (Å²) in [5.74, 6) is -1.49. The van der Waals surface area contributed by atoms with Crippen molar-refractivity contribution in [3.63, 3.8) is 0 Å². The molecule has 2 unspecified atom stereocenters. The average Bonchev–Trinajstić information content (AvgIpc) is 2.76. The fourth-order valence-corrected chi connectivity index (χ4v) is 5.03. The zero-order valence-electron chi connectivity index (χ0n) is 18.8. The van der Waals surface area contributed by atoms with E-state index < -0.39 is 17.0 Å². The van der Waals surface area contributed by atoms with Gasteiger partial charge in [-0.15, -0.1) is 0 Å². The van der Waals surface area contributed by atoms with Gasteiger partial charge in [0.15, 0.2) is 11.6 Å². The van der Waals surface area contributed by atoms with E-state index in [1.807, 2.05) is 6.07 Å². The molecule has 31 heavy (non-hydrogen) atoms. The van der Waals surface area contributed by atoms with Gasteiger partial charge >= 0.3 is 0 Å². The predicted molar refractivity (Wildman–Crippen MR) is 122 cm³/mol. The molecule has 0 heterocycles. The van der Waals surface area contributed by atoms with Crippen LogP contribution in [0.5, 0.6) is 0 Å². The lowest BCUT2D eigenvalue weighted by Crippen LogP contribution is -2.42. The predicted octanol–water partition coefficient (Wildman–Crippen LogP) is 6.65. The molecule has 0 spiro atoms. The van der Waals surface area contributed by atoms with Crippen LogP contribution in [0.15, 0.2) is 48.5 Å². The molecule has 166 valence electrons. The summed E-state index contributed by atoms with van der Waals surface area (Å²) in [5, 5.41) is 10.3. The minimum absolute atomic E-state index is 0.222. The van der Waals surface area contributed by atoms with Gasteiger partial charge in [-0.2, -0.15) is 5.26 Å². The van der Waals surface area contributed by atoms with Crippen LogP contribution in [-0.2, 0) is 11.8 Å². The summed E-state index contributed by atoms with van der Waals surface area (Å²) in [7, 11) is 0. The Hall–Kier alpha value is -2.25. The molecule has 2 nitrogen and oxygen atoms in total. The smallest absolute Gasteiger partial charge is 0.159 e. The van der Waals surface area contributed by atoms with E-state index in [4.69, 9.17) is 0 Å². The molecule has 1 fully saturated rings. The highest BCUT2D eigenvalue weighted by atomic mass is 19.2. The highest BCUT2D eigenvalue weighted by molar-refractivity contribution is 5.35. The summed E-state index contributed by atoms with van der Waals surface area (Å²) in [6, 6.07) is 17.5. The van der Waals surface area contributed by atoms with Crippen molar-refractivity contribution < 1.29 is 8.78 Å². The normalized spacial score (nSPS) is 17.0.